The van der Waals surface area contributed by atoms with Crippen molar-refractivity contribution in [2.75, 3.05) is 51.0 Å². The number of nitrogens with one attached hydrogen (secondary N) is 2. The number of nitrogens with zero attached hydrogens (tertiary/aromatic N) is 2. The summed E-state index contributed by atoms with van der Waals surface area (Å²) in [5.41, 5.74) is 0.402. The fourth-order valence-electron chi connectivity index (χ4n) is 4.36. The largest absolute Gasteiger partial charge is 0.491 e. The third-order valence-electron chi connectivity index (χ3n) is 6.64. The van der Waals surface area contributed by atoms with Crippen LogP contribution < -0.4 is 15.4 Å². The summed E-state index contributed by atoms with van der Waals surface area (Å²) in [5.74, 6) is -0.956. The Labute approximate surface area is 225 Å². The first-order valence-electron chi connectivity index (χ1n) is 12.6. The Morgan fingerprint density at radius 2 is 1.85 bits per heavy atom. The normalized spacial score (nSPS) is 21.3. The molecular formula is C27H34F4N4O4. The molecule has 3 amide bonds. The van der Waals surface area contributed by atoms with Gasteiger partial charge in [0, 0.05) is 45.5 Å². The van der Waals surface area contributed by atoms with Gasteiger partial charge in [0.1, 0.15) is 18.2 Å². The maximum atomic E-state index is 13.9. The number of carbonyl (C=O) groups excluding carboxylic acids is 2. The first-order chi connectivity index (χ1) is 18.4. The Hall–Kier alpha value is -3.38. The molecule has 0 aliphatic carbocycles. The van der Waals surface area contributed by atoms with Gasteiger partial charge in [0.25, 0.3) is 5.91 Å². The third kappa shape index (κ3) is 8.56. The summed E-state index contributed by atoms with van der Waals surface area (Å²) >= 11 is 0. The van der Waals surface area contributed by atoms with E-state index in [1.165, 1.54) is 48.4 Å². The van der Waals surface area contributed by atoms with Crippen LogP contribution >= 0.6 is 0 Å². The van der Waals surface area contributed by atoms with Crippen LogP contribution in [0.15, 0.2) is 42.5 Å². The highest BCUT2D eigenvalue weighted by molar-refractivity contribution is 6.02. The average molecular weight is 555 g/mol. The topological polar surface area (TPSA) is 83.1 Å². The molecule has 12 heteroatoms. The smallest absolute Gasteiger partial charge is 0.390 e. The van der Waals surface area contributed by atoms with Crippen molar-refractivity contribution >= 4 is 23.3 Å². The van der Waals surface area contributed by atoms with Crippen molar-refractivity contribution in [3.63, 3.8) is 0 Å². The number of para-hydroxylation sites is 1. The molecule has 214 valence electrons. The molecule has 0 saturated heterocycles. The number of hydrogen-bond donors (Lipinski definition) is 2. The number of halogens is 4. The van der Waals surface area contributed by atoms with Crippen LogP contribution in [-0.4, -0.2) is 80.5 Å². The lowest BCUT2D eigenvalue weighted by Crippen LogP contribution is -2.47. The number of likely N-dealkylation sites (N-methyl/N-ethyl adjacent to an activating group) is 1. The molecule has 0 aromatic heterocycles. The average Bonchev–Trinajstić information content (AvgIpc) is 2.88. The molecule has 3 rings (SSSR count). The van der Waals surface area contributed by atoms with Gasteiger partial charge < -0.3 is 25.0 Å². The maximum Gasteiger partial charge on any atom is 0.390 e. The molecule has 8 nitrogen and oxygen atoms in total. The number of methoxy groups -OCH3 is 1. The van der Waals surface area contributed by atoms with E-state index in [0.29, 0.717) is 6.54 Å². The SMILES string of the molecule is CO[C@H]1CN(C)C(=O)c2cc(NC(=O)Nc3ccccc3F)ccc2OC[C@H](C)N(CCC(F)(F)F)C[C@@H]1C. The zero-order chi connectivity index (χ0) is 28.7. The van der Waals surface area contributed by atoms with Gasteiger partial charge in [0.15, 0.2) is 0 Å². The third-order valence-corrected chi connectivity index (χ3v) is 6.64. The number of hydrogen-bond acceptors (Lipinski definition) is 5. The number of benzene rings is 2. The highest BCUT2D eigenvalue weighted by Gasteiger charge is 2.32. The van der Waals surface area contributed by atoms with E-state index in [-0.39, 0.29) is 54.2 Å². The highest BCUT2D eigenvalue weighted by atomic mass is 19.4. The number of ether oxygens (including phenoxy) is 2. The van der Waals surface area contributed by atoms with Gasteiger partial charge in [-0.25, -0.2) is 9.18 Å². The van der Waals surface area contributed by atoms with Crippen LogP contribution in [0.25, 0.3) is 0 Å². The van der Waals surface area contributed by atoms with E-state index in [2.05, 4.69) is 10.6 Å². The van der Waals surface area contributed by atoms with Crippen LogP contribution in [0.1, 0.15) is 30.6 Å². The van der Waals surface area contributed by atoms with Crippen molar-refractivity contribution in [1.82, 2.24) is 9.80 Å². The Bertz CT molecular complexity index is 1150. The summed E-state index contributed by atoms with van der Waals surface area (Å²) in [4.78, 5) is 29.1. The molecule has 2 aromatic carbocycles. The summed E-state index contributed by atoms with van der Waals surface area (Å²) < 4.78 is 64.5. The Kier molecular flexibility index (Phi) is 10.1. The van der Waals surface area contributed by atoms with Gasteiger partial charge in [0.2, 0.25) is 0 Å². The lowest BCUT2D eigenvalue weighted by Gasteiger charge is -2.36. The molecule has 0 fully saturated rings. The number of fused-ring (bicyclic) bond motifs is 1. The number of rotatable bonds is 5. The van der Waals surface area contributed by atoms with Gasteiger partial charge in [-0.1, -0.05) is 19.1 Å². The zero-order valence-electron chi connectivity index (χ0n) is 22.3. The Morgan fingerprint density at radius 1 is 1.13 bits per heavy atom. The fraction of sp³-hybridized carbons (Fsp3) is 0.481. The summed E-state index contributed by atoms with van der Waals surface area (Å²) in [6.45, 7) is 3.99. The highest BCUT2D eigenvalue weighted by Crippen LogP contribution is 2.27. The van der Waals surface area contributed by atoms with Crippen molar-refractivity contribution in [1.29, 1.82) is 0 Å². The zero-order valence-corrected chi connectivity index (χ0v) is 22.3. The Balaban J connectivity index is 1.86. The summed E-state index contributed by atoms with van der Waals surface area (Å²) in [5, 5.41) is 4.99. The van der Waals surface area contributed by atoms with E-state index >= 15 is 0 Å². The van der Waals surface area contributed by atoms with Crippen LogP contribution in [0.2, 0.25) is 0 Å². The second kappa shape index (κ2) is 13.1. The van der Waals surface area contributed by atoms with Gasteiger partial charge >= 0.3 is 12.2 Å². The summed E-state index contributed by atoms with van der Waals surface area (Å²) in [6.07, 6.45) is -5.69. The van der Waals surface area contributed by atoms with E-state index in [0.717, 1.165) is 0 Å². The molecule has 2 aromatic rings. The first-order valence-corrected chi connectivity index (χ1v) is 12.6. The first kappa shape index (κ1) is 30.2. The minimum atomic E-state index is -4.30. The van der Waals surface area contributed by atoms with Crippen molar-refractivity contribution in [2.24, 2.45) is 5.92 Å². The molecule has 0 saturated carbocycles. The predicted octanol–water partition coefficient (Wildman–Crippen LogP) is 5.23. The minimum absolute atomic E-state index is 0.00997. The van der Waals surface area contributed by atoms with Gasteiger partial charge in [-0.05, 0) is 43.2 Å². The number of carbonyl (C=O) groups is 2. The van der Waals surface area contributed by atoms with Crippen LogP contribution in [-0.2, 0) is 4.74 Å². The quantitative estimate of drug-likeness (QED) is 0.495. The van der Waals surface area contributed by atoms with Crippen molar-refractivity contribution < 1.29 is 36.6 Å². The maximum absolute atomic E-state index is 13.9. The number of anilines is 2. The van der Waals surface area contributed by atoms with E-state index < -0.39 is 36.6 Å². The second-order valence-corrected chi connectivity index (χ2v) is 9.73. The molecule has 1 aliphatic rings. The molecule has 39 heavy (non-hydrogen) atoms. The summed E-state index contributed by atoms with van der Waals surface area (Å²) in [7, 11) is 3.09. The monoisotopic (exact) mass is 554 g/mol. The standard InChI is InChI=1S/C27H34F4N4O4/c1-17-14-35(12-11-27(29,30)31)18(2)16-39-23-10-9-19(13-20(23)25(36)34(3)15-24(17)38-4)32-26(37)33-22-8-6-5-7-21(22)28/h5-10,13,17-18,24H,11-12,14-16H2,1-4H3,(H2,32,33,37)/t17-,18-,24-/m0/s1. The summed E-state index contributed by atoms with van der Waals surface area (Å²) in [6, 6.07) is 9.06. The van der Waals surface area contributed by atoms with E-state index in [4.69, 9.17) is 9.47 Å². The Morgan fingerprint density at radius 3 is 2.51 bits per heavy atom. The molecule has 1 heterocycles. The van der Waals surface area contributed by atoms with E-state index in [9.17, 15) is 27.2 Å². The number of urea groups is 1. The second-order valence-electron chi connectivity index (χ2n) is 9.73. The molecular weight excluding hydrogens is 520 g/mol. The number of amides is 3. The molecule has 0 unspecified atom stereocenters. The molecule has 0 radical (unpaired) electrons. The molecule has 0 spiro atoms. The lowest BCUT2D eigenvalue weighted by molar-refractivity contribution is -0.140. The van der Waals surface area contributed by atoms with Crippen LogP contribution in [0.4, 0.5) is 33.7 Å². The molecule has 3 atom stereocenters. The van der Waals surface area contributed by atoms with E-state index in [1.54, 1.807) is 24.9 Å². The lowest BCUT2D eigenvalue weighted by atomic mass is 10.0. The molecule has 0 bridgehead atoms. The fourth-order valence-corrected chi connectivity index (χ4v) is 4.36. The van der Waals surface area contributed by atoms with Gasteiger partial charge in [-0.15, -0.1) is 0 Å². The van der Waals surface area contributed by atoms with Gasteiger partial charge in [0.05, 0.1) is 23.8 Å². The minimum Gasteiger partial charge on any atom is -0.491 e. The van der Waals surface area contributed by atoms with Crippen molar-refractivity contribution in [3.05, 3.63) is 53.8 Å². The van der Waals surface area contributed by atoms with Gasteiger partial charge in [-0.3, -0.25) is 9.69 Å². The van der Waals surface area contributed by atoms with Crippen molar-refractivity contribution in [3.8, 4) is 5.75 Å². The number of alkyl halides is 3. The predicted molar refractivity (Wildman–Crippen MR) is 140 cm³/mol. The van der Waals surface area contributed by atoms with Crippen LogP contribution in [0, 0.1) is 11.7 Å². The van der Waals surface area contributed by atoms with Gasteiger partial charge in [-0.2, -0.15) is 13.2 Å². The van der Waals surface area contributed by atoms with Crippen LogP contribution in [0.3, 0.4) is 0 Å². The molecule has 2 N–H and O–H groups in total. The van der Waals surface area contributed by atoms with Crippen molar-refractivity contribution in [2.45, 2.75) is 38.6 Å². The van der Waals surface area contributed by atoms with Crippen LogP contribution in [0.5, 0.6) is 5.75 Å². The van der Waals surface area contributed by atoms with E-state index in [1.807, 2.05) is 6.92 Å². The molecule has 1 aliphatic heterocycles.